The molecule has 0 atom stereocenters. The lowest BCUT2D eigenvalue weighted by atomic mass is 9.89. The maximum absolute atomic E-state index is 13.8. The van der Waals surface area contributed by atoms with Gasteiger partial charge in [-0.1, -0.05) is 62.8 Å². The van der Waals surface area contributed by atoms with Gasteiger partial charge in [0.15, 0.2) is 5.65 Å². The number of hydrogen-bond acceptors (Lipinski definition) is 5. The number of pyridine rings is 1. The summed E-state index contributed by atoms with van der Waals surface area (Å²) in [7, 11) is 0. The number of aromatic amines is 1. The van der Waals surface area contributed by atoms with Crippen LogP contribution in [0.15, 0.2) is 64.5 Å². The van der Waals surface area contributed by atoms with Crippen molar-refractivity contribution < 1.29 is 4.79 Å². The summed E-state index contributed by atoms with van der Waals surface area (Å²) in [5.74, 6) is 1.19. The lowest BCUT2D eigenvalue weighted by Gasteiger charge is -2.24. The minimum Gasteiger partial charge on any atom is -0.352 e. The van der Waals surface area contributed by atoms with E-state index in [0.29, 0.717) is 48.5 Å². The number of nitrogens with one attached hydrogen (secondary N) is 2. The van der Waals surface area contributed by atoms with E-state index < -0.39 is 0 Å². The van der Waals surface area contributed by atoms with Gasteiger partial charge in [0.25, 0.3) is 5.56 Å². The molecule has 0 aliphatic heterocycles. The summed E-state index contributed by atoms with van der Waals surface area (Å²) in [6.45, 7) is 1.62. The second kappa shape index (κ2) is 14.0. The lowest BCUT2D eigenvalue weighted by molar-refractivity contribution is -0.116. The number of H-pyrrole nitrogens is 1. The standard InChI is InChI=1S/C35H42N6O3/c42-30(37-22-19-26-17-20-36-21-18-26)16-13-25-11-14-29(15-12-25)32-38-31-33(39-32)40(23-27-7-3-1-4-8-27)35(44)41(34(31)43)24-28-9-5-2-6-10-28/h11-18,20-21,27-28H,1-10,19,22-24H2,(H,37,42)(H,38,39)/b16-13+. The maximum Gasteiger partial charge on any atom is 0.332 e. The van der Waals surface area contributed by atoms with Crippen molar-refractivity contribution in [3.63, 3.8) is 0 Å². The zero-order valence-electron chi connectivity index (χ0n) is 25.3. The Morgan fingerprint density at radius 2 is 1.50 bits per heavy atom. The van der Waals surface area contributed by atoms with E-state index in [4.69, 9.17) is 4.98 Å². The number of rotatable bonds is 10. The van der Waals surface area contributed by atoms with Crippen molar-refractivity contribution in [1.82, 2.24) is 29.4 Å². The van der Waals surface area contributed by atoms with Gasteiger partial charge < -0.3 is 10.3 Å². The van der Waals surface area contributed by atoms with Crippen LogP contribution in [-0.2, 0) is 24.3 Å². The van der Waals surface area contributed by atoms with Gasteiger partial charge in [0.05, 0.1) is 0 Å². The van der Waals surface area contributed by atoms with Crippen LogP contribution < -0.4 is 16.6 Å². The molecule has 44 heavy (non-hydrogen) atoms. The first-order valence-corrected chi connectivity index (χ1v) is 16.2. The van der Waals surface area contributed by atoms with Crippen molar-refractivity contribution in [3.8, 4) is 11.4 Å². The Labute approximate surface area is 257 Å². The maximum atomic E-state index is 13.8. The number of aromatic nitrogens is 5. The summed E-state index contributed by atoms with van der Waals surface area (Å²) in [5, 5.41) is 2.91. The molecule has 2 aliphatic rings. The molecular formula is C35H42N6O3. The fourth-order valence-corrected chi connectivity index (χ4v) is 6.75. The van der Waals surface area contributed by atoms with Gasteiger partial charge in [-0.05, 0) is 73.3 Å². The smallest absolute Gasteiger partial charge is 0.332 e. The van der Waals surface area contributed by atoms with Crippen molar-refractivity contribution in [1.29, 1.82) is 0 Å². The number of fused-ring (bicyclic) bond motifs is 1. The van der Waals surface area contributed by atoms with E-state index in [0.717, 1.165) is 61.6 Å². The highest BCUT2D eigenvalue weighted by Crippen LogP contribution is 2.27. The van der Waals surface area contributed by atoms with Gasteiger partial charge in [-0.15, -0.1) is 0 Å². The van der Waals surface area contributed by atoms with Crippen molar-refractivity contribution in [2.45, 2.75) is 83.7 Å². The summed E-state index contributed by atoms with van der Waals surface area (Å²) in [5.41, 5.74) is 3.17. The SMILES string of the molecule is O=C(/C=C/c1ccc(-c2nc3c([nH]2)c(=O)n(CC2CCCCC2)c(=O)n3CC2CCCCC2)cc1)NCCc1ccncc1. The molecule has 1 amide bonds. The molecule has 2 N–H and O–H groups in total. The highest BCUT2D eigenvalue weighted by atomic mass is 16.2. The van der Waals surface area contributed by atoms with Crippen LogP contribution in [0.3, 0.4) is 0 Å². The van der Waals surface area contributed by atoms with E-state index in [1.807, 2.05) is 36.4 Å². The molecule has 9 nitrogen and oxygen atoms in total. The Morgan fingerprint density at radius 1 is 0.864 bits per heavy atom. The Balaban J connectivity index is 1.21. The highest BCUT2D eigenvalue weighted by Gasteiger charge is 2.24. The van der Waals surface area contributed by atoms with Gasteiger partial charge in [-0.3, -0.25) is 23.7 Å². The largest absolute Gasteiger partial charge is 0.352 e. The van der Waals surface area contributed by atoms with Crippen LogP contribution in [0.2, 0.25) is 0 Å². The molecule has 9 heteroatoms. The lowest BCUT2D eigenvalue weighted by Crippen LogP contribution is -2.42. The van der Waals surface area contributed by atoms with Crippen molar-refractivity contribution in [2.75, 3.05) is 6.54 Å². The van der Waals surface area contributed by atoms with E-state index in [2.05, 4.69) is 15.3 Å². The third-order valence-corrected chi connectivity index (χ3v) is 9.27. The van der Waals surface area contributed by atoms with Crippen LogP contribution in [0.25, 0.3) is 28.6 Å². The number of imidazole rings is 1. The highest BCUT2D eigenvalue weighted by molar-refractivity contribution is 5.91. The average molecular weight is 595 g/mol. The molecule has 0 spiro atoms. The Hall–Kier alpha value is -4.27. The molecule has 3 heterocycles. The minimum atomic E-state index is -0.274. The number of carbonyl (C=O) groups is 1. The van der Waals surface area contributed by atoms with Gasteiger partial charge >= 0.3 is 5.69 Å². The molecule has 6 rings (SSSR count). The van der Waals surface area contributed by atoms with Crippen LogP contribution in [-0.4, -0.2) is 36.5 Å². The summed E-state index contributed by atoms with van der Waals surface area (Å²) < 4.78 is 3.24. The molecule has 2 saturated carbocycles. The minimum absolute atomic E-state index is 0.152. The molecule has 0 bridgehead atoms. The predicted octanol–water partition coefficient (Wildman–Crippen LogP) is 5.48. The first-order chi connectivity index (χ1) is 21.5. The van der Waals surface area contributed by atoms with Gasteiger partial charge in [0, 0.05) is 43.7 Å². The van der Waals surface area contributed by atoms with Gasteiger partial charge in [-0.25, -0.2) is 9.78 Å². The molecule has 3 aromatic heterocycles. The van der Waals surface area contributed by atoms with Crippen molar-refractivity contribution >= 4 is 23.1 Å². The van der Waals surface area contributed by atoms with Crippen molar-refractivity contribution in [2.24, 2.45) is 11.8 Å². The molecular weight excluding hydrogens is 552 g/mol. The third kappa shape index (κ3) is 7.09. The van der Waals surface area contributed by atoms with Gasteiger partial charge in [-0.2, -0.15) is 0 Å². The van der Waals surface area contributed by atoms with Crippen LogP contribution in [0.1, 0.15) is 75.3 Å². The molecule has 0 saturated heterocycles. The average Bonchev–Trinajstić information content (AvgIpc) is 3.52. The van der Waals surface area contributed by atoms with E-state index in [-0.39, 0.29) is 17.2 Å². The first kappa shape index (κ1) is 29.8. The second-order valence-electron chi connectivity index (χ2n) is 12.5. The number of nitrogens with zero attached hydrogens (tertiary/aromatic N) is 4. The summed E-state index contributed by atoms with van der Waals surface area (Å²) in [6.07, 6.45) is 19.0. The second-order valence-corrected chi connectivity index (χ2v) is 12.5. The molecule has 2 aliphatic carbocycles. The van der Waals surface area contributed by atoms with E-state index in [9.17, 15) is 14.4 Å². The predicted molar refractivity (Wildman–Crippen MR) is 173 cm³/mol. The quantitative estimate of drug-likeness (QED) is 0.236. The Kier molecular flexibility index (Phi) is 9.48. The zero-order valence-corrected chi connectivity index (χ0v) is 25.3. The molecule has 4 aromatic rings. The van der Waals surface area contributed by atoms with E-state index in [1.165, 1.54) is 36.3 Å². The van der Waals surface area contributed by atoms with Crippen LogP contribution in [0.4, 0.5) is 0 Å². The number of benzene rings is 1. The third-order valence-electron chi connectivity index (χ3n) is 9.27. The Bertz CT molecular complexity index is 1710. The van der Waals surface area contributed by atoms with Crippen LogP contribution >= 0.6 is 0 Å². The Morgan fingerprint density at radius 3 is 2.16 bits per heavy atom. The van der Waals surface area contributed by atoms with E-state index in [1.54, 1.807) is 23.0 Å². The summed E-state index contributed by atoms with van der Waals surface area (Å²) >= 11 is 0. The fourth-order valence-electron chi connectivity index (χ4n) is 6.75. The van der Waals surface area contributed by atoms with Crippen molar-refractivity contribution in [3.05, 3.63) is 86.8 Å². The van der Waals surface area contributed by atoms with Crippen LogP contribution in [0, 0.1) is 11.8 Å². The van der Waals surface area contributed by atoms with Gasteiger partial charge in [0.1, 0.15) is 11.3 Å². The van der Waals surface area contributed by atoms with Gasteiger partial charge in [0.2, 0.25) is 5.91 Å². The summed E-state index contributed by atoms with van der Waals surface area (Å²) in [4.78, 5) is 52.0. The van der Waals surface area contributed by atoms with Crippen LogP contribution in [0.5, 0.6) is 0 Å². The normalized spacial score (nSPS) is 16.5. The molecule has 0 radical (unpaired) electrons. The number of amides is 1. The molecule has 2 fully saturated rings. The summed E-state index contributed by atoms with van der Waals surface area (Å²) in [6, 6.07) is 11.5. The number of hydrogen-bond donors (Lipinski definition) is 2. The monoisotopic (exact) mass is 594 g/mol. The fraction of sp³-hybridized carbons (Fsp3) is 0.457. The molecule has 230 valence electrons. The number of carbonyl (C=O) groups excluding carboxylic acids is 1. The zero-order chi connectivity index (χ0) is 30.3. The topological polar surface area (TPSA) is 115 Å². The molecule has 0 unspecified atom stereocenters. The van der Waals surface area contributed by atoms with E-state index >= 15 is 0 Å². The first-order valence-electron chi connectivity index (χ1n) is 16.2. The molecule has 1 aromatic carbocycles.